The van der Waals surface area contributed by atoms with Gasteiger partial charge < -0.3 is 5.73 Å². The van der Waals surface area contributed by atoms with E-state index in [1.54, 1.807) is 0 Å². The number of halogens is 4. The average Bonchev–Trinajstić information content (AvgIpc) is 2.37. The molecule has 2 unspecified atom stereocenters. The molecule has 1 fully saturated rings. The summed E-state index contributed by atoms with van der Waals surface area (Å²) >= 11 is 8.96. The molecule has 1 aliphatic carbocycles. The third kappa shape index (κ3) is 4.55. The van der Waals surface area contributed by atoms with Crippen molar-refractivity contribution >= 4 is 50.0 Å². The first kappa shape index (κ1) is 20.1. The van der Waals surface area contributed by atoms with Gasteiger partial charge in [0.2, 0.25) is 10.0 Å². The lowest BCUT2D eigenvalue weighted by atomic mass is 9.85. The van der Waals surface area contributed by atoms with Crippen LogP contribution in [0, 0.1) is 11.7 Å². The molecule has 126 valence electrons. The van der Waals surface area contributed by atoms with Crippen molar-refractivity contribution in [3.63, 3.8) is 0 Å². The molecular formula is C13H18BrCl2FN2O2S. The maximum atomic E-state index is 13.2. The van der Waals surface area contributed by atoms with Gasteiger partial charge in [0, 0.05) is 10.5 Å². The molecule has 0 heterocycles. The van der Waals surface area contributed by atoms with E-state index in [9.17, 15) is 12.8 Å². The van der Waals surface area contributed by atoms with Crippen molar-refractivity contribution in [1.82, 2.24) is 4.72 Å². The largest absolute Gasteiger partial charge is 0.330 e. The van der Waals surface area contributed by atoms with Crippen LogP contribution in [0.25, 0.3) is 0 Å². The van der Waals surface area contributed by atoms with Crippen LogP contribution in [0.3, 0.4) is 0 Å². The highest BCUT2D eigenvalue weighted by Crippen LogP contribution is 2.32. The summed E-state index contributed by atoms with van der Waals surface area (Å²) in [6.07, 6.45) is 3.67. The SMILES string of the molecule is Cl.NCC1CCCCC1NS(=O)(=O)c1c(Cl)cc(F)cc1Br. The maximum Gasteiger partial charge on any atom is 0.243 e. The summed E-state index contributed by atoms with van der Waals surface area (Å²) in [5, 5.41) is -0.144. The van der Waals surface area contributed by atoms with Gasteiger partial charge in [-0.1, -0.05) is 24.4 Å². The zero-order valence-corrected chi connectivity index (χ0v) is 15.7. The first-order valence-electron chi connectivity index (χ1n) is 6.72. The zero-order chi connectivity index (χ0) is 15.6. The molecule has 4 nitrogen and oxygen atoms in total. The minimum atomic E-state index is -3.83. The van der Waals surface area contributed by atoms with Crippen molar-refractivity contribution in [3.8, 4) is 0 Å². The van der Waals surface area contributed by atoms with E-state index < -0.39 is 15.8 Å². The Balaban J connectivity index is 0.00000242. The number of benzene rings is 1. The number of hydrogen-bond donors (Lipinski definition) is 2. The second-order valence-corrected chi connectivity index (χ2v) is 8.12. The summed E-state index contributed by atoms with van der Waals surface area (Å²) in [6.45, 7) is 0.436. The number of rotatable bonds is 4. The molecule has 1 aliphatic rings. The van der Waals surface area contributed by atoms with Gasteiger partial charge in [-0.25, -0.2) is 17.5 Å². The minimum Gasteiger partial charge on any atom is -0.330 e. The monoisotopic (exact) mass is 434 g/mol. The molecule has 1 saturated carbocycles. The Labute approximate surface area is 149 Å². The predicted octanol–water partition coefficient (Wildman–Crippen LogP) is 3.46. The normalized spacial score (nSPS) is 22.2. The first-order chi connectivity index (χ1) is 9.85. The van der Waals surface area contributed by atoms with E-state index in [-0.39, 0.29) is 38.8 Å². The van der Waals surface area contributed by atoms with Gasteiger partial charge >= 0.3 is 0 Å². The third-order valence-electron chi connectivity index (χ3n) is 3.75. The molecule has 0 radical (unpaired) electrons. The van der Waals surface area contributed by atoms with Gasteiger partial charge in [0.05, 0.1) is 5.02 Å². The summed E-state index contributed by atoms with van der Waals surface area (Å²) in [4.78, 5) is -0.132. The Bertz CT molecular complexity index is 607. The van der Waals surface area contributed by atoms with E-state index >= 15 is 0 Å². The van der Waals surface area contributed by atoms with E-state index in [1.165, 1.54) is 0 Å². The number of nitrogens with two attached hydrogens (primary N) is 1. The summed E-state index contributed by atoms with van der Waals surface area (Å²) in [5.74, 6) is -0.477. The lowest BCUT2D eigenvalue weighted by Crippen LogP contribution is -2.44. The van der Waals surface area contributed by atoms with Crippen molar-refractivity contribution in [2.75, 3.05) is 6.54 Å². The Morgan fingerprint density at radius 1 is 1.36 bits per heavy atom. The van der Waals surface area contributed by atoms with Gasteiger partial charge in [0.25, 0.3) is 0 Å². The van der Waals surface area contributed by atoms with Crippen LogP contribution < -0.4 is 10.5 Å². The average molecular weight is 436 g/mol. The van der Waals surface area contributed by atoms with Gasteiger partial charge in [-0.2, -0.15) is 0 Å². The number of nitrogens with one attached hydrogen (secondary N) is 1. The van der Waals surface area contributed by atoms with Crippen LogP contribution >= 0.6 is 39.9 Å². The van der Waals surface area contributed by atoms with Crippen LogP contribution in [-0.4, -0.2) is 21.0 Å². The molecule has 2 rings (SSSR count). The van der Waals surface area contributed by atoms with E-state index in [0.717, 1.165) is 37.8 Å². The fraction of sp³-hybridized carbons (Fsp3) is 0.538. The Morgan fingerprint density at radius 3 is 2.59 bits per heavy atom. The van der Waals surface area contributed by atoms with Crippen LogP contribution in [0.4, 0.5) is 4.39 Å². The molecule has 0 spiro atoms. The second-order valence-electron chi connectivity index (χ2n) is 5.21. The van der Waals surface area contributed by atoms with Crippen LogP contribution in [0.5, 0.6) is 0 Å². The lowest BCUT2D eigenvalue weighted by Gasteiger charge is -2.31. The van der Waals surface area contributed by atoms with Gasteiger partial charge in [0.15, 0.2) is 0 Å². The van der Waals surface area contributed by atoms with Crippen LogP contribution in [-0.2, 0) is 10.0 Å². The molecule has 1 aromatic carbocycles. The van der Waals surface area contributed by atoms with Crippen molar-refractivity contribution in [2.45, 2.75) is 36.6 Å². The molecule has 0 aliphatic heterocycles. The molecule has 0 saturated heterocycles. The minimum absolute atomic E-state index is 0. The van der Waals surface area contributed by atoms with Gasteiger partial charge in [0.1, 0.15) is 10.7 Å². The zero-order valence-electron chi connectivity index (χ0n) is 11.7. The van der Waals surface area contributed by atoms with Crippen LogP contribution in [0.1, 0.15) is 25.7 Å². The fourth-order valence-corrected chi connectivity index (χ4v) is 5.84. The maximum absolute atomic E-state index is 13.2. The molecule has 0 amide bonds. The molecule has 2 atom stereocenters. The van der Waals surface area contributed by atoms with Crippen molar-refractivity contribution < 1.29 is 12.8 Å². The smallest absolute Gasteiger partial charge is 0.243 e. The molecule has 9 heteroatoms. The van der Waals surface area contributed by atoms with Crippen molar-refractivity contribution in [3.05, 3.63) is 27.4 Å². The molecule has 1 aromatic rings. The highest BCUT2D eigenvalue weighted by Gasteiger charge is 2.31. The van der Waals surface area contributed by atoms with E-state index in [1.807, 2.05) is 0 Å². The third-order valence-corrected chi connectivity index (χ3v) is 6.64. The molecular weight excluding hydrogens is 418 g/mol. The second kappa shape index (κ2) is 8.26. The molecule has 0 aromatic heterocycles. The Hall–Kier alpha value is 0.0800. The lowest BCUT2D eigenvalue weighted by molar-refractivity contribution is 0.296. The van der Waals surface area contributed by atoms with E-state index in [2.05, 4.69) is 20.7 Å². The van der Waals surface area contributed by atoms with Crippen LogP contribution in [0.15, 0.2) is 21.5 Å². The summed E-state index contributed by atoms with van der Waals surface area (Å²) < 4.78 is 41.1. The molecule has 0 bridgehead atoms. The summed E-state index contributed by atoms with van der Waals surface area (Å²) in [5.41, 5.74) is 5.71. The highest BCUT2D eigenvalue weighted by molar-refractivity contribution is 9.10. The first-order valence-corrected chi connectivity index (χ1v) is 9.37. The van der Waals surface area contributed by atoms with Crippen LogP contribution in [0.2, 0.25) is 5.02 Å². The summed E-state index contributed by atoms with van der Waals surface area (Å²) in [7, 11) is -3.83. The van der Waals surface area contributed by atoms with Crippen molar-refractivity contribution in [1.29, 1.82) is 0 Å². The highest BCUT2D eigenvalue weighted by atomic mass is 79.9. The fourth-order valence-electron chi connectivity index (χ4n) is 2.69. The quantitative estimate of drug-likeness (QED) is 0.760. The number of hydrogen-bond acceptors (Lipinski definition) is 3. The molecule has 22 heavy (non-hydrogen) atoms. The molecule has 3 N–H and O–H groups in total. The summed E-state index contributed by atoms with van der Waals surface area (Å²) in [6, 6.07) is 1.87. The van der Waals surface area contributed by atoms with Gasteiger partial charge in [-0.05, 0) is 53.4 Å². The van der Waals surface area contributed by atoms with E-state index in [4.69, 9.17) is 17.3 Å². The number of sulfonamides is 1. The topological polar surface area (TPSA) is 72.2 Å². The Morgan fingerprint density at radius 2 is 2.00 bits per heavy atom. The standard InChI is InChI=1S/C13H17BrClFN2O2S.ClH/c14-10-5-9(16)6-11(15)13(10)21(19,20)18-12-4-2-1-3-8(12)7-17;/h5-6,8,12,18H,1-4,7,17H2;1H. The van der Waals surface area contributed by atoms with E-state index in [0.29, 0.717) is 6.54 Å². The predicted molar refractivity (Wildman–Crippen MR) is 91.5 cm³/mol. The Kier molecular flexibility index (Phi) is 7.56. The van der Waals surface area contributed by atoms with Gasteiger partial charge in [-0.15, -0.1) is 12.4 Å². The van der Waals surface area contributed by atoms with Gasteiger partial charge in [-0.3, -0.25) is 0 Å². The van der Waals surface area contributed by atoms with Crippen molar-refractivity contribution in [2.24, 2.45) is 11.7 Å².